The fraction of sp³-hybridized carbons (Fsp3) is 0.417. The van der Waals surface area contributed by atoms with Crippen molar-refractivity contribution in [3.05, 3.63) is 28.0 Å². The van der Waals surface area contributed by atoms with Gasteiger partial charge in [-0.2, -0.15) is 0 Å². The first-order valence-electron chi connectivity index (χ1n) is 5.64. The van der Waals surface area contributed by atoms with Crippen LogP contribution in [0.25, 0.3) is 0 Å². The van der Waals surface area contributed by atoms with E-state index in [1.807, 2.05) is 0 Å². The van der Waals surface area contributed by atoms with Gasteiger partial charge in [0.15, 0.2) is 0 Å². The van der Waals surface area contributed by atoms with Crippen LogP contribution in [-0.4, -0.2) is 37.4 Å². The number of methoxy groups -OCH3 is 1. The standard InChI is InChI=1S/C12H16BrFN2O3/c1-19-6-7(2-3-17)16-12(18)8-4-11(15)10(14)5-9(8)13/h4-5,7,17H,2-3,6,15H2,1H3,(H,16,18). The molecule has 0 radical (unpaired) electrons. The van der Waals surface area contributed by atoms with Crippen LogP contribution in [0.2, 0.25) is 0 Å². The van der Waals surface area contributed by atoms with E-state index in [4.69, 9.17) is 15.6 Å². The molecule has 1 aromatic rings. The van der Waals surface area contributed by atoms with Crippen molar-refractivity contribution in [2.45, 2.75) is 12.5 Å². The van der Waals surface area contributed by atoms with Gasteiger partial charge < -0.3 is 20.9 Å². The van der Waals surface area contributed by atoms with E-state index >= 15 is 0 Å². The minimum atomic E-state index is -0.591. The second-order valence-corrected chi connectivity index (χ2v) is 4.85. The highest BCUT2D eigenvalue weighted by Gasteiger charge is 2.17. The smallest absolute Gasteiger partial charge is 0.252 e. The molecule has 1 atom stereocenters. The molecule has 0 aliphatic heterocycles. The zero-order chi connectivity index (χ0) is 14.4. The lowest BCUT2D eigenvalue weighted by molar-refractivity contribution is 0.0878. The van der Waals surface area contributed by atoms with Crippen LogP contribution >= 0.6 is 15.9 Å². The number of carbonyl (C=O) groups excluding carboxylic acids is 1. The lowest BCUT2D eigenvalue weighted by atomic mass is 10.1. The molecule has 0 bridgehead atoms. The van der Waals surface area contributed by atoms with Crippen molar-refractivity contribution >= 4 is 27.5 Å². The number of anilines is 1. The average molecular weight is 335 g/mol. The third kappa shape index (κ3) is 4.45. The molecule has 1 rings (SSSR count). The summed E-state index contributed by atoms with van der Waals surface area (Å²) < 4.78 is 18.4. The van der Waals surface area contributed by atoms with E-state index in [1.165, 1.54) is 13.2 Å². The maximum Gasteiger partial charge on any atom is 0.252 e. The van der Waals surface area contributed by atoms with Gasteiger partial charge >= 0.3 is 0 Å². The molecule has 0 aliphatic rings. The van der Waals surface area contributed by atoms with Crippen LogP contribution in [-0.2, 0) is 4.74 Å². The van der Waals surface area contributed by atoms with Crippen molar-refractivity contribution in [3.8, 4) is 0 Å². The number of nitrogen functional groups attached to an aromatic ring is 1. The van der Waals surface area contributed by atoms with Gasteiger partial charge in [0, 0.05) is 18.2 Å². The summed E-state index contributed by atoms with van der Waals surface area (Å²) in [6.45, 7) is 0.210. The van der Waals surface area contributed by atoms with E-state index in [9.17, 15) is 9.18 Å². The summed E-state index contributed by atoms with van der Waals surface area (Å²) in [4.78, 5) is 12.0. The number of hydrogen-bond donors (Lipinski definition) is 3. The SMILES string of the molecule is COCC(CCO)NC(=O)c1cc(N)c(F)cc1Br. The van der Waals surface area contributed by atoms with Crippen LogP contribution < -0.4 is 11.1 Å². The number of hydrogen-bond acceptors (Lipinski definition) is 4. The largest absolute Gasteiger partial charge is 0.396 e. The van der Waals surface area contributed by atoms with Crippen molar-refractivity contribution in [1.29, 1.82) is 0 Å². The maximum absolute atomic E-state index is 13.2. The third-order valence-corrected chi connectivity index (χ3v) is 3.17. The Morgan fingerprint density at radius 3 is 2.89 bits per heavy atom. The average Bonchev–Trinajstić information content (AvgIpc) is 2.34. The lowest BCUT2D eigenvalue weighted by Crippen LogP contribution is -2.38. The highest BCUT2D eigenvalue weighted by Crippen LogP contribution is 2.22. The monoisotopic (exact) mass is 334 g/mol. The normalized spacial score (nSPS) is 12.2. The van der Waals surface area contributed by atoms with E-state index in [0.717, 1.165) is 6.07 Å². The van der Waals surface area contributed by atoms with Gasteiger partial charge in [0.1, 0.15) is 5.82 Å². The molecule has 106 valence electrons. The van der Waals surface area contributed by atoms with E-state index < -0.39 is 11.7 Å². The third-order valence-electron chi connectivity index (χ3n) is 2.51. The van der Waals surface area contributed by atoms with Crippen LogP contribution in [0.15, 0.2) is 16.6 Å². The molecule has 1 aromatic carbocycles. The number of aliphatic hydroxyl groups excluding tert-OH is 1. The van der Waals surface area contributed by atoms with Crippen LogP contribution in [0, 0.1) is 5.82 Å². The highest BCUT2D eigenvalue weighted by atomic mass is 79.9. The lowest BCUT2D eigenvalue weighted by Gasteiger charge is -2.17. The summed E-state index contributed by atoms with van der Waals surface area (Å²) in [7, 11) is 1.50. The summed E-state index contributed by atoms with van der Waals surface area (Å²) in [6, 6.07) is 2.08. The number of rotatable bonds is 6. The molecule has 0 heterocycles. The molecule has 0 aromatic heterocycles. The van der Waals surface area contributed by atoms with Crippen LogP contribution in [0.4, 0.5) is 10.1 Å². The molecule has 4 N–H and O–H groups in total. The molecule has 1 amide bonds. The van der Waals surface area contributed by atoms with E-state index in [1.54, 1.807) is 0 Å². The number of ether oxygens (including phenoxy) is 1. The van der Waals surface area contributed by atoms with Crippen LogP contribution in [0.3, 0.4) is 0 Å². The Balaban J connectivity index is 2.84. The summed E-state index contributed by atoms with van der Waals surface area (Å²) in [5.74, 6) is -0.999. The second kappa shape index (κ2) is 7.42. The number of benzene rings is 1. The summed E-state index contributed by atoms with van der Waals surface area (Å²) in [5.41, 5.74) is 5.57. The van der Waals surface area contributed by atoms with E-state index in [2.05, 4.69) is 21.2 Å². The summed E-state index contributed by atoms with van der Waals surface area (Å²) in [6.07, 6.45) is 0.369. The first kappa shape index (κ1) is 15.9. The van der Waals surface area contributed by atoms with Crippen molar-refractivity contribution in [2.75, 3.05) is 26.1 Å². The molecule has 0 saturated heterocycles. The highest BCUT2D eigenvalue weighted by molar-refractivity contribution is 9.10. The summed E-state index contributed by atoms with van der Waals surface area (Å²) in [5, 5.41) is 11.6. The van der Waals surface area contributed by atoms with Gasteiger partial charge in [0.25, 0.3) is 5.91 Å². The quantitative estimate of drug-likeness (QED) is 0.684. The Morgan fingerprint density at radius 1 is 1.63 bits per heavy atom. The second-order valence-electron chi connectivity index (χ2n) is 3.99. The summed E-state index contributed by atoms with van der Waals surface area (Å²) >= 11 is 3.11. The minimum absolute atomic E-state index is 0.0684. The van der Waals surface area contributed by atoms with Crippen molar-refractivity contribution in [3.63, 3.8) is 0 Å². The Hall–Kier alpha value is -1.18. The molecule has 0 spiro atoms. The molecule has 0 aliphatic carbocycles. The fourth-order valence-electron chi connectivity index (χ4n) is 1.56. The predicted octanol–water partition coefficient (Wildman–Crippen LogP) is 1.30. The van der Waals surface area contributed by atoms with Crippen LogP contribution in [0.1, 0.15) is 16.8 Å². The molecule has 1 unspecified atom stereocenters. The predicted molar refractivity (Wildman–Crippen MR) is 73.3 cm³/mol. The van der Waals surface area contributed by atoms with Gasteiger partial charge in [0.05, 0.1) is 23.9 Å². The minimum Gasteiger partial charge on any atom is -0.396 e. The van der Waals surface area contributed by atoms with Crippen molar-refractivity contribution in [2.24, 2.45) is 0 Å². The van der Waals surface area contributed by atoms with E-state index in [0.29, 0.717) is 10.9 Å². The first-order chi connectivity index (χ1) is 8.99. The molecule has 5 nitrogen and oxygen atoms in total. The molecular formula is C12H16BrFN2O3. The molecule has 7 heteroatoms. The van der Waals surface area contributed by atoms with Crippen LogP contribution in [0.5, 0.6) is 0 Å². The zero-order valence-corrected chi connectivity index (χ0v) is 12.0. The number of aliphatic hydroxyl groups is 1. The van der Waals surface area contributed by atoms with Gasteiger partial charge in [0.2, 0.25) is 0 Å². The van der Waals surface area contributed by atoms with Gasteiger partial charge in [-0.15, -0.1) is 0 Å². The number of amides is 1. The number of carbonyl (C=O) groups is 1. The molecule has 19 heavy (non-hydrogen) atoms. The van der Waals surface area contributed by atoms with Crippen molar-refractivity contribution < 1.29 is 19.0 Å². The maximum atomic E-state index is 13.2. The molecule has 0 saturated carbocycles. The zero-order valence-electron chi connectivity index (χ0n) is 10.5. The van der Waals surface area contributed by atoms with Gasteiger partial charge in [-0.3, -0.25) is 4.79 Å². The Kier molecular flexibility index (Phi) is 6.20. The van der Waals surface area contributed by atoms with Crippen molar-refractivity contribution in [1.82, 2.24) is 5.32 Å². The van der Waals surface area contributed by atoms with Gasteiger partial charge in [-0.1, -0.05) is 0 Å². The number of nitrogens with one attached hydrogen (secondary N) is 1. The molecule has 0 fully saturated rings. The fourth-order valence-corrected chi connectivity index (χ4v) is 2.05. The Morgan fingerprint density at radius 2 is 2.32 bits per heavy atom. The van der Waals surface area contributed by atoms with E-state index in [-0.39, 0.29) is 30.5 Å². The number of nitrogens with two attached hydrogens (primary N) is 1. The Labute approximate surface area is 119 Å². The Bertz CT molecular complexity index is 451. The first-order valence-corrected chi connectivity index (χ1v) is 6.44. The molecular weight excluding hydrogens is 319 g/mol. The topological polar surface area (TPSA) is 84.6 Å². The number of halogens is 2. The van der Waals surface area contributed by atoms with Gasteiger partial charge in [-0.05, 0) is 34.5 Å². The van der Waals surface area contributed by atoms with Gasteiger partial charge in [-0.25, -0.2) is 4.39 Å².